The van der Waals surface area contributed by atoms with Crippen molar-refractivity contribution in [2.75, 3.05) is 5.43 Å². The Hall–Kier alpha value is -2.18. The van der Waals surface area contributed by atoms with E-state index in [4.69, 9.17) is 17.4 Å². The summed E-state index contributed by atoms with van der Waals surface area (Å²) in [5, 5.41) is 3.01. The molecule has 0 atom stereocenters. The van der Waals surface area contributed by atoms with Gasteiger partial charge in [0.1, 0.15) is 11.0 Å². The summed E-state index contributed by atoms with van der Waals surface area (Å²) in [6.45, 7) is 2.35. The molecule has 104 valence electrons. The maximum absolute atomic E-state index is 12.1. The van der Waals surface area contributed by atoms with E-state index in [1.165, 1.54) is 12.1 Å². The van der Waals surface area contributed by atoms with E-state index in [9.17, 15) is 4.79 Å². The summed E-state index contributed by atoms with van der Waals surface area (Å²) >= 11 is 5.82. The second-order valence-electron chi connectivity index (χ2n) is 4.19. The number of nitrogens with two attached hydrogens (primary N) is 1. The number of anilines is 1. The average Bonchev–Trinajstić information content (AvgIpc) is 2.45. The number of carbonyl (C=O) groups is 1. The number of halogens is 1. The average molecular weight is 292 g/mol. The Morgan fingerprint density at radius 3 is 2.95 bits per heavy atom. The minimum absolute atomic E-state index is 0.200. The quantitative estimate of drug-likeness (QED) is 0.452. The fourth-order valence-electron chi connectivity index (χ4n) is 1.68. The van der Waals surface area contributed by atoms with Crippen molar-refractivity contribution in [3.8, 4) is 0 Å². The molecule has 0 aromatic carbocycles. The number of hydrogen-bond acceptors (Lipinski definition) is 5. The summed E-state index contributed by atoms with van der Waals surface area (Å²) < 4.78 is 0. The first kappa shape index (κ1) is 14.2. The zero-order chi connectivity index (χ0) is 14.5. The standard InChI is InChI=1S/C13H14ClN5O/c1-8-6-16-3-2-9(8)7-17-13(20)10-4-11(14)18-12(5-10)19-15/h2-6H,7,15H2,1H3,(H,17,20)(H,18,19). The van der Waals surface area contributed by atoms with Crippen molar-refractivity contribution in [1.82, 2.24) is 15.3 Å². The van der Waals surface area contributed by atoms with Crippen LogP contribution in [-0.2, 0) is 6.54 Å². The van der Waals surface area contributed by atoms with Gasteiger partial charge < -0.3 is 10.7 Å². The number of rotatable bonds is 4. The summed E-state index contributed by atoms with van der Waals surface area (Å²) in [7, 11) is 0. The van der Waals surface area contributed by atoms with Gasteiger partial charge in [0.2, 0.25) is 0 Å². The van der Waals surface area contributed by atoms with E-state index in [-0.39, 0.29) is 11.1 Å². The van der Waals surface area contributed by atoms with Crippen molar-refractivity contribution in [1.29, 1.82) is 0 Å². The summed E-state index contributed by atoms with van der Waals surface area (Å²) in [6, 6.07) is 4.87. The van der Waals surface area contributed by atoms with Crippen LogP contribution in [0.2, 0.25) is 5.15 Å². The molecule has 4 N–H and O–H groups in total. The number of nitrogens with zero attached hydrogens (tertiary/aromatic N) is 2. The van der Waals surface area contributed by atoms with Gasteiger partial charge in [-0.1, -0.05) is 11.6 Å². The fraction of sp³-hybridized carbons (Fsp3) is 0.154. The highest BCUT2D eigenvalue weighted by molar-refractivity contribution is 6.29. The van der Waals surface area contributed by atoms with Gasteiger partial charge in [-0.25, -0.2) is 10.8 Å². The van der Waals surface area contributed by atoms with Gasteiger partial charge >= 0.3 is 0 Å². The molecule has 2 aromatic heterocycles. The largest absolute Gasteiger partial charge is 0.348 e. The topological polar surface area (TPSA) is 92.9 Å². The number of aromatic nitrogens is 2. The second-order valence-corrected chi connectivity index (χ2v) is 4.58. The Kier molecular flexibility index (Phi) is 4.49. The van der Waals surface area contributed by atoms with Crippen LogP contribution >= 0.6 is 11.6 Å². The molecule has 2 heterocycles. The highest BCUT2D eigenvalue weighted by Crippen LogP contribution is 2.14. The highest BCUT2D eigenvalue weighted by Gasteiger charge is 2.09. The maximum atomic E-state index is 12.1. The van der Waals surface area contributed by atoms with E-state index < -0.39 is 0 Å². The maximum Gasteiger partial charge on any atom is 0.251 e. The third kappa shape index (κ3) is 3.43. The SMILES string of the molecule is Cc1cnccc1CNC(=O)c1cc(Cl)nc(NN)c1. The third-order valence-corrected chi connectivity index (χ3v) is 2.97. The molecule has 7 heteroatoms. The molecule has 0 aliphatic rings. The molecule has 2 aromatic rings. The van der Waals surface area contributed by atoms with Crippen LogP contribution in [0.15, 0.2) is 30.6 Å². The van der Waals surface area contributed by atoms with Crippen molar-refractivity contribution >= 4 is 23.3 Å². The predicted octanol–water partition coefficient (Wildman–Crippen LogP) is 1.65. The van der Waals surface area contributed by atoms with E-state index in [0.717, 1.165) is 11.1 Å². The van der Waals surface area contributed by atoms with Crippen LogP contribution in [0, 0.1) is 6.92 Å². The lowest BCUT2D eigenvalue weighted by molar-refractivity contribution is 0.0951. The molecule has 0 fully saturated rings. The summed E-state index contributed by atoms with van der Waals surface area (Å²) in [5.41, 5.74) is 4.78. The van der Waals surface area contributed by atoms with Crippen LogP contribution < -0.4 is 16.6 Å². The summed E-state index contributed by atoms with van der Waals surface area (Å²) in [4.78, 5) is 20.0. The smallest absolute Gasteiger partial charge is 0.251 e. The van der Waals surface area contributed by atoms with Crippen molar-refractivity contribution < 1.29 is 4.79 Å². The summed E-state index contributed by atoms with van der Waals surface area (Å²) in [5.74, 6) is 5.35. The molecule has 0 aliphatic carbocycles. The first-order valence-electron chi connectivity index (χ1n) is 5.92. The second kappa shape index (κ2) is 6.31. The normalized spacial score (nSPS) is 10.2. The number of amides is 1. The van der Waals surface area contributed by atoms with Crippen LogP contribution in [0.3, 0.4) is 0 Å². The Labute approximate surface area is 121 Å². The van der Waals surface area contributed by atoms with E-state index >= 15 is 0 Å². The van der Waals surface area contributed by atoms with Crippen molar-refractivity contribution in [2.24, 2.45) is 5.84 Å². The Morgan fingerprint density at radius 1 is 1.45 bits per heavy atom. The van der Waals surface area contributed by atoms with Gasteiger partial charge in [-0.05, 0) is 36.2 Å². The van der Waals surface area contributed by atoms with Crippen LogP contribution in [-0.4, -0.2) is 15.9 Å². The van der Waals surface area contributed by atoms with Crippen LogP contribution in [0.5, 0.6) is 0 Å². The summed E-state index contributed by atoms with van der Waals surface area (Å²) in [6.07, 6.45) is 3.44. The lowest BCUT2D eigenvalue weighted by Gasteiger charge is -2.08. The van der Waals surface area contributed by atoms with Gasteiger partial charge in [0.25, 0.3) is 5.91 Å². The predicted molar refractivity (Wildman–Crippen MR) is 77.2 cm³/mol. The molecule has 0 bridgehead atoms. The lowest BCUT2D eigenvalue weighted by atomic mass is 10.1. The van der Waals surface area contributed by atoms with Crippen molar-refractivity contribution in [2.45, 2.75) is 13.5 Å². The first-order chi connectivity index (χ1) is 9.60. The molecule has 0 saturated heterocycles. The fourth-order valence-corrected chi connectivity index (χ4v) is 1.89. The van der Waals surface area contributed by atoms with Crippen LogP contribution in [0.25, 0.3) is 0 Å². The number of nitrogens with one attached hydrogen (secondary N) is 2. The van der Waals surface area contributed by atoms with E-state index in [1.807, 2.05) is 13.0 Å². The molecular weight excluding hydrogens is 278 g/mol. The van der Waals surface area contributed by atoms with Gasteiger partial charge in [-0.3, -0.25) is 9.78 Å². The molecular formula is C13H14ClN5O. The van der Waals surface area contributed by atoms with E-state index in [2.05, 4.69) is 20.7 Å². The highest BCUT2D eigenvalue weighted by atomic mass is 35.5. The Bertz CT molecular complexity index is 632. The lowest BCUT2D eigenvalue weighted by Crippen LogP contribution is -2.23. The molecule has 6 nitrogen and oxygen atoms in total. The zero-order valence-corrected chi connectivity index (χ0v) is 11.6. The molecule has 0 unspecified atom stereocenters. The van der Waals surface area contributed by atoms with Gasteiger partial charge in [-0.15, -0.1) is 0 Å². The zero-order valence-electron chi connectivity index (χ0n) is 10.9. The molecule has 0 radical (unpaired) electrons. The molecule has 1 amide bonds. The Balaban J connectivity index is 2.09. The minimum atomic E-state index is -0.248. The van der Waals surface area contributed by atoms with Crippen molar-refractivity contribution in [3.63, 3.8) is 0 Å². The van der Waals surface area contributed by atoms with Gasteiger partial charge in [-0.2, -0.15) is 0 Å². The third-order valence-electron chi connectivity index (χ3n) is 2.78. The van der Waals surface area contributed by atoms with E-state index in [0.29, 0.717) is 17.9 Å². The number of hydrogen-bond donors (Lipinski definition) is 3. The molecule has 0 saturated carbocycles. The Morgan fingerprint density at radius 2 is 2.25 bits per heavy atom. The van der Waals surface area contributed by atoms with Crippen LogP contribution in [0.4, 0.5) is 5.82 Å². The molecule has 2 rings (SSSR count). The number of nitrogen functional groups attached to an aromatic ring is 1. The van der Waals surface area contributed by atoms with E-state index in [1.54, 1.807) is 12.4 Å². The van der Waals surface area contributed by atoms with Gasteiger partial charge in [0.05, 0.1) is 0 Å². The number of pyridine rings is 2. The minimum Gasteiger partial charge on any atom is -0.348 e. The number of aryl methyl sites for hydroxylation is 1. The monoisotopic (exact) mass is 291 g/mol. The molecule has 20 heavy (non-hydrogen) atoms. The van der Waals surface area contributed by atoms with Crippen LogP contribution in [0.1, 0.15) is 21.5 Å². The van der Waals surface area contributed by atoms with Gasteiger partial charge in [0, 0.05) is 24.5 Å². The van der Waals surface area contributed by atoms with Crippen molar-refractivity contribution in [3.05, 3.63) is 52.4 Å². The number of carbonyl (C=O) groups excluding carboxylic acids is 1. The molecule has 0 spiro atoms. The first-order valence-corrected chi connectivity index (χ1v) is 6.30. The number of hydrazine groups is 1. The van der Waals surface area contributed by atoms with Gasteiger partial charge in [0.15, 0.2) is 0 Å². The molecule has 0 aliphatic heterocycles.